The predicted molar refractivity (Wildman–Crippen MR) is 79.6 cm³/mol. The lowest BCUT2D eigenvalue weighted by Gasteiger charge is -2.22. The number of ether oxygens (including phenoxy) is 1. The summed E-state index contributed by atoms with van der Waals surface area (Å²) in [6.07, 6.45) is 5.85. The van der Waals surface area contributed by atoms with Gasteiger partial charge in [-0.15, -0.1) is 0 Å². The molecule has 1 N–H and O–H groups in total. The van der Waals surface area contributed by atoms with Gasteiger partial charge in [0.25, 0.3) is 0 Å². The molecular weight excluding hydrogens is 238 g/mol. The second-order valence-corrected chi connectivity index (χ2v) is 5.07. The van der Waals surface area contributed by atoms with E-state index < -0.39 is 0 Å². The summed E-state index contributed by atoms with van der Waals surface area (Å²) in [6.45, 7) is 7.00. The van der Waals surface area contributed by atoms with Gasteiger partial charge in [0, 0.05) is 18.8 Å². The number of rotatable bonds is 9. The smallest absolute Gasteiger partial charge is 0.137 e. The van der Waals surface area contributed by atoms with Crippen LogP contribution in [0.5, 0.6) is 5.75 Å². The zero-order chi connectivity index (χ0) is 14.1. The first-order valence-corrected chi connectivity index (χ1v) is 7.13. The lowest BCUT2D eigenvalue weighted by atomic mass is 10.1. The number of likely N-dealkylation sites (N-methyl/N-ethyl adjacent to an activating group) is 1. The highest BCUT2D eigenvalue weighted by molar-refractivity contribution is 5.26. The molecule has 0 aromatic carbocycles. The highest BCUT2D eigenvalue weighted by atomic mass is 16.5. The topological polar surface area (TPSA) is 37.4 Å². The van der Waals surface area contributed by atoms with E-state index in [2.05, 4.69) is 49.2 Å². The molecule has 0 saturated carbocycles. The quantitative estimate of drug-likeness (QED) is 0.744. The Hall–Kier alpha value is -1.13. The molecule has 108 valence electrons. The normalized spacial score (nSPS) is 12.7. The standard InChI is InChI=1S/C15H27N3O/c1-5-7-17-15(12-18(3)4)13-9-14(11-16-10-13)19-8-6-2/h9-11,15,17H,5-8,12H2,1-4H3. The van der Waals surface area contributed by atoms with Crippen molar-refractivity contribution in [1.29, 1.82) is 0 Å². The molecule has 0 amide bonds. The SMILES string of the molecule is CCCNC(CN(C)C)c1cncc(OCCC)c1. The van der Waals surface area contributed by atoms with Crippen molar-refractivity contribution in [2.75, 3.05) is 33.8 Å². The fourth-order valence-corrected chi connectivity index (χ4v) is 1.90. The minimum absolute atomic E-state index is 0.299. The van der Waals surface area contributed by atoms with Gasteiger partial charge in [-0.1, -0.05) is 13.8 Å². The van der Waals surface area contributed by atoms with Gasteiger partial charge in [0.1, 0.15) is 5.75 Å². The van der Waals surface area contributed by atoms with Crippen molar-refractivity contribution >= 4 is 0 Å². The van der Waals surface area contributed by atoms with E-state index in [0.29, 0.717) is 6.04 Å². The number of nitrogens with zero attached hydrogens (tertiary/aromatic N) is 2. The molecule has 0 radical (unpaired) electrons. The van der Waals surface area contributed by atoms with E-state index in [9.17, 15) is 0 Å². The molecule has 0 fully saturated rings. The Morgan fingerprint density at radius 1 is 1.26 bits per heavy atom. The summed E-state index contributed by atoms with van der Waals surface area (Å²) in [5.74, 6) is 0.862. The molecule has 0 aliphatic heterocycles. The van der Waals surface area contributed by atoms with Crippen molar-refractivity contribution < 1.29 is 4.74 Å². The molecule has 0 aliphatic rings. The van der Waals surface area contributed by atoms with Crippen LogP contribution in [0.3, 0.4) is 0 Å². The Morgan fingerprint density at radius 3 is 2.68 bits per heavy atom. The summed E-state index contributed by atoms with van der Waals surface area (Å²) in [6, 6.07) is 2.40. The number of nitrogens with one attached hydrogen (secondary N) is 1. The average Bonchev–Trinajstić information content (AvgIpc) is 2.41. The van der Waals surface area contributed by atoms with Gasteiger partial charge in [-0.25, -0.2) is 0 Å². The van der Waals surface area contributed by atoms with E-state index in [4.69, 9.17) is 4.74 Å². The fourth-order valence-electron chi connectivity index (χ4n) is 1.90. The molecule has 4 nitrogen and oxygen atoms in total. The highest BCUT2D eigenvalue weighted by Crippen LogP contribution is 2.18. The van der Waals surface area contributed by atoms with Crippen molar-refractivity contribution in [3.63, 3.8) is 0 Å². The maximum absolute atomic E-state index is 5.65. The predicted octanol–water partition coefficient (Wildman–Crippen LogP) is 2.47. The van der Waals surface area contributed by atoms with Crippen LogP contribution < -0.4 is 10.1 Å². The molecule has 4 heteroatoms. The van der Waals surface area contributed by atoms with Crippen LogP contribution in [0.15, 0.2) is 18.5 Å². The van der Waals surface area contributed by atoms with Gasteiger partial charge in [0.05, 0.1) is 12.8 Å². The molecule has 0 aliphatic carbocycles. The van der Waals surface area contributed by atoms with E-state index >= 15 is 0 Å². The average molecular weight is 265 g/mol. The Bertz CT molecular complexity index is 355. The second kappa shape index (κ2) is 8.88. The van der Waals surface area contributed by atoms with Crippen LogP contribution in [-0.2, 0) is 0 Å². The van der Waals surface area contributed by atoms with Crippen molar-refractivity contribution in [2.45, 2.75) is 32.7 Å². The Labute approximate surface area is 117 Å². The number of pyridine rings is 1. The van der Waals surface area contributed by atoms with E-state index in [0.717, 1.165) is 38.3 Å². The third-order valence-electron chi connectivity index (χ3n) is 2.80. The van der Waals surface area contributed by atoms with Crippen LogP contribution >= 0.6 is 0 Å². The number of hydrogen-bond acceptors (Lipinski definition) is 4. The summed E-state index contributed by atoms with van der Waals surface area (Å²) < 4.78 is 5.65. The summed E-state index contributed by atoms with van der Waals surface area (Å²) in [4.78, 5) is 6.48. The summed E-state index contributed by atoms with van der Waals surface area (Å²) >= 11 is 0. The van der Waals surface area contributed by atoms with Gasteiger partial charge in [0.15, 0.2) is 0 Å². The first kappa shape index (κ1) is 15.9. The molecule has 1 heterocycles. The summed E-state index contributed by atoms with van der Waals surface area (Å²) in [7, 11) is 4.18. The fraction of sp³-hybridized carbons (Fsp3) is 0.667. The molecule has 1 aromatic rings. The van der Waals surface area contributed by atoms with Gasteiger partial charge in [-0.2, -0.15) is 0 Å². The van der Waals surface area contributed by atoms with E-state index in [1.54, 1.807) is 6.20 Å². The maximum Gasteiger partial charge on any atom is 0.137 e. The Balaban J connectivity index is 2.75. The van der Waals surface area contributed by atoms with E-state index in [1.165, 1.54) is 5.56 Å². The molecule has 1 aromatic heterocycles. The van der Waals surface area contributed by atoms with Crippen molar-refractivity contribution in [1.82, 2.24) is 15.2 Å². The highest BCUT2D eigenvalue weighted by Gasteiger charge is 2.13. The molecule has 1 atom stereocenters. The van der Waals surface area contributed by atoms with Crippen molar-refractivity contribution in [2.24, 2.45) is 0 Å². The molecule has 0 saturated heterocycles. The van der Waals surface area contributed by atoms with Gasteiger partial charge in [-0.05, 0) is 45.1 Å². The molecule has 1 rings (SSSR count). The van der Waals surface area contributed by atoms with Gasteiger partial charge >= 0.3 is 0 Å². The van der Waals surface area contributed by atoms with E-state index in [-0.39, 0.29) is 0 Å². The maximum atomic E-state index is 5.65. The molecule has 0 spiro atoms. The van der Waals surface area contributed by atoms with Crippen LogP contribution in [0, 0.1) is 0 Å². The first-order chi connectivity index (χ1) is 9.17. The molecular formula is C15H27N3O. The van der Waals surface area contributed by atoms with Gasteiger partial charge in [0.2, 0.25) is 0 Å². The lowest BCUT2D eigenvalue weighted by molar-refractivity contribution is 0.313. The zero-order valence-corrected chi connectivity index (χ0v) is 12.6. The lowest BCUT2D eigenvalue weighted by Crippen LogP contribution is -2.31. The second-order valence-electron chi connectivity index (χ2n) is 5.07. The van der Waals surface area contributed by atoms with Crippen LogP contribution in [0.1, 0.15) is 38.3 Å². The summed E-state index contributed by atoms with van der Waals surface area (Å²) in [5, 5.41) is 3.56. The molecule has 0 bridgehead atoms. The van der Waals surface area contributed by atoms with Crippen LogP contribution in [0.4, 0.5) is 0 Å². The Morgan fingerprint density at radius 2 is 2.05 bits per heavy atom. The monoisotopic (exact) mass is 265 g/mol. The Kier molecular flexibility index (Phi) is 7.45. The third-order valence-corrected chi connectivity index (χ3v) is 2.80. The van der Waals surface area contributed by atoms with Gasteiger partial charge < -0.3 is 15.0 Å². The first-order valence-electron chi connectivity index (χ1n) is 7.13. The number of aromatic nitrogens is 1. The van der Waals surface area contributed by atoms with Crippen LogP contribution in [0.25, 0.3) is 0 Å². The molecule has 19 heavy (non-hydrogen) atoms. The van der Waals surface area contributed by atoms with Crippen molar-refractivity contribution in [3.05, 3.63) is 24.0 Å². The van der Waals surface area contributed by atoms with Crippen LogP contribution in [0.2, 0.25) is 0 Å². The number of hydrogen-bond donors (Lipinski definition) is 1. The minimum atomic E-state index is 0.299. The zero-order valence-electron chi connectivity index (χ0n) is 12.6. The largest absolute Gasteiger partial charge is 0.492 e. The van der Waals surface area contributed by atoms with Crippen molar-refractivity contribution in [3.8, 4) is 5.75 Å². The van der Waals surface area contributed by atoms with E-state index in [1.807, 2.05) is 6.20 Å². The van der Waals surface area contributed by atoms with Gasteiger partial charge in [-0.3, -0.25) is 4.98 Å². The third kappa shape index (κ3) is 6.03. The minimum Gasteiger partial charge on any atom is -0.492 e. The summed E-state index contributed by atoms with van der Waals surface area (Å²) in [5.41, 5.74) is 1.19. The van der Waals surface area contributed by atoms with Crippen LogP contribution in [-0.4, -0.2) is 43.7 Å². The molecule has 1 unspecified atom stereocenters.